The molecule has 1 saturated carbocycles. The summed E-state index contributed by atoms with van der Waals surface area (Å²) in [5, 5.41) is 21.0. The Kier molecular flexibility index (Phi) is 9.04. The second-order valence-electron chi connectivity index (χ2n) is 12.1. The van der Waals surface area contributed by atoms with Gasteiger partial charge >= 0.3 is 6.03 Å². The zero-order valence-corrected chi connectivity index (χ0v) is 26.2. The topological polar surface area (TPSA) is 119 Å². The molecule has 9 nitrogen and oxygen atoms in total. The third-order valence-electron chi connectivity index (χ3n) is 9.12. The fourth-order valence-corrected chi connectivity index (χ4v) is 6.47. The van der Waals surface area contributed by atoms with E-state index in [4.69, 9.17) is 11.6 Å². The lowest BCUT2D eigenvalue weighted by Crippen LogP contribution is -2.45. The van der Waals surface area contributed by atoms with Crippen LogP contribution in [0.15, 0.2) is 91.4 Å². The second kappa shape index (κ2) is 13.2. The van der Waals surface area contributed by atoms with Crippen molar-refractivity contribution in [1.82, 2.24) is 20.2 Å². The van der Waals surface area contributed by atoms with Crippen molar-refractivity contribution in [2.75, 3.05) is 24.2 Å². The first-order valence-corrected chi connectivity index (χ1v) is 15.8. The van der Waals surface area contributed by atoms with Gasteiger partial charge in [-0.2, -0.15) is 0 Å². The Labute approximate surface area is 272 Å². The Balaban J connectivity index is 1.30. The maximum Gasteiger partial charge on any atom is 0.323 e. The molecule has 2 aliphatic rings. The normalized spacial score (nSPS) is 20.6. The van der Waals surface area contributed by atoms with E-state index in [1.54, 1.807) is 54.9 Å². The van der Waals surface area contributed by atoms with E-state index in [0.29, 0.717) is 16.5 Å². The highest BCUT2D eigenvalue weighted by molar-refractivity contribution is 6.30. The molecule has 3 unspecified atom stereocenters. The van der Waals surface area contributed by atoms with E-state index in [1.807, 2.05) is 25.2 Å². The highest BCUT2D eigenvalue weighted by atomic mass is 35.5. The molecule has 1 aliphatic carbocycles. The molecule has 3 heterocycles. The van der Waals surface area contributed by atoms with Crippen molar-refractivity contribution >= 4 is 35.0 Å². The first kappa shape index (κ1) is 31.6. The van der Waals surface area contributed by atoms with Crippen LogP contribution < -0.4 is 16.0 Å². The van der Waals surface area contributed by atoms with Crippen LogP contribution in [-0.4, -0.2) is 51.5 Å². The summed E-state index contributed by atoms with van der Waals surface area (Å²) in [6.45, 7) is -0.164. The van der Waals surface area contributed by atoms with Gasteiger partial charge in [-0.3, -0.25) is 15.1 Å². The summed E-state index contributed by atoms with van der Waals surface area (Å²) in [7, 11) is 1.88. The van der Waals surface area contributed by atoms with Crippen molar-refractivity contribution in [3.63, 3.8) is 0 Å². The Morgan fingerprint density at radius 2 is 1.80 bits per heavy atom. The minimum absolute atomic E-state index is 0.0162. The molecular formula is C35H36ClFN6O3. The molecule has 238 valence electrons. The number of β-amino-alcohol motifs (C(OH)–C–C–N with tert-alkyl or cyclic N) is 1. The highest BCUT2D eigenvalue weighted by Gasteiger charge is 2.49. The Morgan fingerprint density at radius 1 is 1.04 bits per heavy atom. The number of likely N-dealkylation sites (tertiary alicyclic amines) is 1. The smallest absolute Gasteiger partial charge is 0.323 e. The number of anilines is 2. The molecule has 1 saturated heterocycles. The number of aromatic nitrogens is 2. The van der Waals surface area contributed by atoms with Crippen molar-refractivity contribution in [3.05, 3.63) is 119 Å². The third kappa shape index (κ3) is 6.60. The van der Waals surface area contributed by atoms with Gasteiger partial charge < -0.3 is 20.6 Å². The van der Waals surface area contributed by atoms with Crippen LogP contribution in [-0.2, 0) is 15.9 Å². The van der Waals surface area contributed by atoms with Crippen LogP contribution in [0.25, 0.3) is 0 Å². The van der Waals surface area contributed by atoms with E-state index in [9.17, 15) is 14.7 Å². The molecule has 1 aliphatic heterocycles. The SMILES string of the molecule is CNC(CCC1CC1)(c1ccncc1)c1ccc(F)c(NC(=O)C2CC(O)(c3ccccc3)CN2C(=O)Nc2ccc(Cl)cn2)c1. The molecule has 4 N–H and O–H groups in total. The van der Waals surface area contributed by atoms with Gasteiger partial charge in [-0.25, -0.2) is 14.2 Å². The number of hydrogen-bond acceptors (Lipinski definition) is 6. The number of urea groups is 1. The van der Waals surface area contributed by atoms with Crippen LogP contribution in [0.5, 0.6) is 0 Å². The molecule has 11 heteroatoms. The maximum absolute atomic E-state index is 15.4. The number of nitrogens with zero attached hydrogens (tertiary/aromatic N) is 3. The number of amides is 3. The number of carbonyl (C=O) groups excluding carboxylic acids is 2. The van der Waals surface area contributed by atoms with Crippen LogP contribution in [0.4, 0.5) is 20.7 Å². The average molecular weight is 643 g/mol. The Morgan fingerprint density at radius 3 is 2.48 bits per heavy atom. The van der Waals surface area contributed by atoms with E-state index < -0.39 is 34.9 Å². The monoisotopic (exact) mass is 642 g/mol. The van der Waals surface area contributed by atoms with Crippen molar-refractivity contribution in [1.29, 1.82) is 0 Å². The summed E-state index contributed by atoms with van der Waals surface area (Å²) >= 11 is 5.94. The largest absolute Gasteiger partial charge is 0.383 e. The first-order valence-electron chi connectivity index (χ1n) is 15.4. The van der Waals surface area contributed by atoms with Gasteiger partial charge in [-0.15, -0.1) is 0 Å². The van der Waals surface area contributed by atoms with E-state index in [-0.39, 0.29) is 24.5 Å². The van der Waals surface area contributed by atoms with Gasteiger partial charge in [0, 0.05) is 25.0 Å². The number of hydrogen-bond donors (Lipinski definition) is 4. The fraction of sp³-hybridized carbons (Fsp3) is 0.314. The second-order valence-corrected chi connectivity index (χ2v) is 12.5. The number of aliphatic hydroxyl groups is 1. The Hall–Kier alpha value is -4.38. The zero-order chi connectivity index (χ0) is 32.3. The van der Waals surface area contributed by atoms with Crippen molar-refractivity contribution in [2.24, 2.45) is 5.92 Å². The van der Waals surface area contributed by atoms with Gasteiger partial charge in [0.1, 0.15) is 23.3 Å². The maximum atomic E-state index is 15.4. The lowest BCUT2D eigenvalue weighted by molar-refractivity contribution is -0.119. The molecule has 2 aromatic heterocycles. The molecule has 6 rings (SSSR count). The van der Waals surface area contributed by atoms with E-state index in [1.165, 1.54) is 36.1 Å². The number of carbonyl (C=O) groups is 2. The molecule has 3 amide bonds. The van der Waals surface area contributed by atoms with Crippen LogP contribution in [0.1, 0.15) is 48.8 Å². The summed E-state index contributed by atoms with van der Waals surface area (Å²) in [5.74, 6) is -0.343. The van der Waals surface area contributed by atoms with Gasteiger partial charge in [0.2, 0.25) is 5.91 Å². The lowest BCUT2D eigenvalue weighted by Gasteiger charge is -2.35. The Bertz CT molecular complexity index is 1690. The lowest BCUT2D eigenvalue weighted by atomic mass is 9.79. The highest BCUT2D eigenvalue weighted by Crippen LogP contribution is 2.42. The summed E-state index contributed by atoms with van der Waals surface area (Å²) < 4.78 is 15.4. The molecule has 46 heavy (non-hydrogen) atoms. The molecule has 0 bridgehead atoms. The summed E-state index contributed by atoms with van der Waals surface area (Å²) in [5.41, 5.74) is 0.160. The zero-order valence-electron chi connectivity index (χ0n) is 25.4. The van der Waals surface area contributed by atoms with Crippen molar-refractivity contribution < 1.29 is 19.1 Å². The van der Waals surface area contributed by atoms with Crippen molar-refractivity contribution in [2.45, 2.75) is 49.3 Å². The molecule has 2 fully saturated rings. The molecule has 3 atom stereocenters. The van der Waals surface area contributed by atoms with Crippen molar-refractivity contribution in [3.8, 4) is 0 Å². The average Bonchev–Trinajstić information content (AvgIpc) is 3.84. The van der Waals surface area contributed by atoms with Gasteiger partial charge in [-0.05, 0) is 78.9 Å². The first-order chi connectivity index (χ1) is 22.2. The summed E-state index contributed by atoms with van der Waals surface area (Å²) in [4.78, 5) is 37.0. The number of rotatable bonds is 10. The number of nitrogens with one attached hydrogen (secondary N) is 3. The van der Waals surface area contributed by atoms with Gasteiger partial charge in [0.15, 0.2) is 0 Å². The standard InChI is InChI=1S/C35H36ClFN6O3/c1-38-35(16-13-23-7-8-23,25-14-17-39-18-15-25)26-9-11-28(37)29(19-26)41-32(44)30-20-34(46,24-5-3-2-4-6-24)22-43(30)33(45)42-31-12-10-27(36)21-40-31/h2-6,9-12,14-15,17-19,21,23,30,38,46H,7-8,13,16,20,22H2,1H3,(H,41,44)(H,40,42,45). The number of pyridine rings is 2. The number of halogens is 2. The van der Waals surface area contributed by atoms with E-state index >= 15 is 4.39 Å². The van der Waals surface area contributed by atoms with Gasteiger partial charge in [0.05, 0.1) is 22.8 Å². The minimum atomic E-state index is -1.51. The molecular weight excluding hydrogens is 607 g/mol. The van der Waals surface area contributed by atoms with Crippen LogP contribution >= 0.6 is 11.6 Å². The summed E-state index contributed by atoms with van der Waals surface area (Å²) in [6.07, 6.45) is 8.95. The molecule has 4 aromatic rings. The van der Waals surface area contributed by atoms with E-state index in [2.05, 4.69) is 25.9 Å². The van der Waals surface area contributed by atoms with Crippen LogP contribution in [0, 0.1) is 11.7 Å². The predicted octanol–water partition coefficient (Wildman–Crippen LogP) is 6.06. The minimum Gasteiger partial charge on any atom is -0.383 e. The quantitative estimate of drug-likeness (QED) is 0.167. The predicted molar refractivity (Wildman–Crippen MR) is 175 cm³/mol. The molecule has 2 aromatic carbocycles. The summed E-state index contributed by atoms with van der Waals surface area (Å²) in [6, 6.07) is 18.9. The molecule has 0 radical (unpaired) electrons. The van der Waals surface area contributed by atoms with E-state index in [0.717, 1.165) is 24.0 Å². The third-order valence-corrected chi connectivity index (χ3v) is 9.34. The van der Waals surface area contributed by atoms with Gasteiger partial charge in [0.25, 0.3) is 0 Å². The molecule has 0 spiro atoms. The van der Waals surface area contributed by atoms with Gasteiger partial charge in [-0.1, -0.05) is 60.8 Å². The van der Waals surface area contributed by atoms with Crippen LogP contribution in [0.2, 0.25) is 5.02 Å². The fourth-order valence-electron chi connectivity index (χ4n) is 6.36. The number of benzene rings is 2. The van der Waals surface area contributed by atoms with Crippen LogP contribution in [0.3, 0.4) is 0 Å².